The molecule has 0 atom stereocenters. The fraction of sp³-hybridized carbons (Fsp3) is 0.133. The molecule has 2 amide bonds. The maximum Gasteiger partial charge on any atom is 0.274 e. The van der Waals surface area contributed by atoms with Crippen molar-refractivity contribution in [2.45, 2.75) is 13.8 Å². The minimum absolute atomic E-state index is 0.134. The zero-order chi connectivity index (χ0) is 14.5. The maximum absolute atomic E-state index is 12.0. The molecule has 0 saturated carbocycles. The molecule has 0 bridgehead atoms. The molecule has 5 heteroatoms. The molecule has 0 unspecified atom stereocenters. The molecular weight excluding hydrogens is 254 g/mol. The summed E-state index contributed by atoms with van der Waals surface area (Å²) in [6.45, 7) is 3.35. The highest BCUT2D eigenvalue weighted by molar-refractivity contribution is 6.03. The standard InChI is InChI=1S/C15H15N3O2/c1-10-7-8-16-14(9-10)15(20)18-13-5-3-12(4-6-13)17-11(2)19/h3-9H,1-2H3,(H,17,19)(H,18,20). The van der Waals surface area contributed by atoms with Crippen molar-refractivity contribution in [3.63, 3.8) is 0 Å². The number of benzene rings is 1. The number of aromatic nitrogens is 1. The Balaban J connectivity index is 2.06. The van der Waals surface area contributed by atoms with E-state index in [0.29, 0.717) is 17.1 Å². The molecule has 2 aromatic rings. The van der Waals surface area contributed by atoms with Gasteiger partial charge < -0.3 is 10.6 Å². The number of pyridine rings is 1. The van der Waals surface area contributed by atoms with Crippen LogP contribution in [0.15, 0.2) is 42.6 Å². The minimum atomic E-state index is -0.263. The van der Waals surface area contributed by atoms with Crippen LogP contribution in [0.4, 0.5) is 11.4 Å². The molecule has 5 nitrogen and oxygen atoms in total. The molecule has 0 saturated heterocycles. The molecule has 0 spiro atoms. The lowest BCUT2D eigenvalue weighted by atomic mass is 10.2. The molecule has 0 aliphatic rings. The fourth-order valence-electron chi connectivity index (χ4n) is 1.70. The van der Waals surface area contributed by atoms with Crippen LogP contribution in [0.5, 0.6) is 0 Å². The Hall–Kier alpha value is -2.69. The van der Waals surface area contributed by atoms with E-state index in [2.05, 4.69) is 15.6 Å². The topological polar surface area (TPSA) is 71.1 Å². The molecule has 0 fully saturated rings. The number of rotatable bonds is 3. The normalized spacial score (nSPS) is 9.90. The number of hydrogen-bond donors (Lipinski definition) is 2. The quantitative estimate of drug-likeness (QED) is 0.899. The smallest absolute Gasteiger partial charge is 0.274 e. The van der Waals surface area contributed by atoms with Gasteiger partial charge in [0.15, 0.2) is 0 Å². The lowest BCUT2D eigenvalue weighted by Gasteiger charge is -2.07. The molecule has 1 heterocycles. The van der Waals surface area contributed by atoms with Gasteiger partial charge in [-0.2, -0.15) is 0 Å². The largest absolute Gasteiger partial charge is 0.326 e. The Kier molecular flexibility index (Phi) is 4.10. The van der Waals surface area contributed by atoms with E-state index in [-0.39, 0.29) is 11.8 Å². The van der Waals surface area contributed by atoms with Gasteiger partial charge in [-0.25, -0.2) is 0 Å². The van der Waals surface area contributed by atoms with Gasteiger partial charge in [-0.15, -0.1) is 0 Å². The predicted molar refractivity (Wildman–Crippen MR) is 77.7 cm³/mol. The van der Waals surface area contributed by atoms with E-state index in [1.54, 1.807) is 36.5 Å². The van der Waals surface area contributed by atoms with Gasteiger partial charge in [0.1, 0.15) is 5.69 Å². The molecule has 20 heavy (non-hydrogen) atoms. The van der Waals surface area contributed by atoms with Crippen LogP contribution in [-0.2, 0) is 4.79 Å². The Morgan fingerprint density at radius 3 is 2.15 bits per heavy atom. The number of amides is 2. The molecule has 1 aromatic heterocycles. The van der Waals surface area contributed by atoms with E-state index in [9.17, 15) is 9.59 Å². The van der Waals surface area contributed by atoms with Crippen molar-refractivity contribution >= 4 is 23.2 Å². The SMILES string of the molecule is CC(=O)Nc1ccc(NC(=O)c2cc(C)ccn2)cc1. The first-order valence-corrected chi connectivity index (χ1v) is 6.16. The van der Waals surface area contributed by atoms with Gasteiger partial charge in [-0.05, 0) is 48.9 Å². The molecule has 0 aliphatic carbocycles. The molecule has 0 radical (unpaired) electrons. The van der Waals surface area contributed by atoms with Gasteiger partial charge in [0.25, 0.3) is 5.91 Å². The van der Waals surface area contributed by atoms with Gasteiger partial charge in [-0.3, -0.25) is 14.6 Å². The Labute approximate surface area is 117 Å². The van der Waals surface area contributed by atoms with Crippen molar-refractivity contribution in [1.29, 1.82) is 0 Å². The number of anilines is 2. The Morgan fingerprint density at radius 2 is 1.60 bits per heavy atom. The van der Waals surface area contributed by atoms with Crippen molar-refractivity contribution in [2.75, 3.05) is 10.6 Å². The maximum atomic E-state index is 12.0. The van der Waals surface area contributed by atoms with Crippen LogP contribution in [0.25, 0.3) is 0 Å². The summed E-state index contributed by atoms with van der Waals surface area (Å²) in [5, 5.41) is 5.41. The van der Waals surface area contributed by atoms with Crippen LogP contribution in [0, 0.1) is 6.92 Å². The van der Waals surface area contributed by atoms with E-state index in [1.807, 2.05) is 13.0 Å². The predicted octanol–water partition coefficient (Wildman–Crippen LogP) is 2.60. The Bertz CT molecular complexity index is 636. The lowest BCUT2D eigenvalue weighted by Crippen LogP contribution is -2.13. The molecule has 2 rings (SSSR count). The molecule has 0 aliphatic heterocycles. The summed E-state index contributed by atoms with van der Waals surface area (Å²) in [6.07, 6.45) is 1.60. The van der Waals surface area contributed by atoms with Gasteiger partial charge in [0.2, 0.25) is 5.91 Å². The second kappa shape index (κ2) is 5.97. The number of aryl methyl sites for hydroxylation is 1. The van der Waals surface area contributed by atoms with Gasteiger partial charge in [-0.1, -0.05) is 0 Å². The average Bonchev–Trinajstić information content (AvgIpc) is 2.40. The molecule has 102 valence electrons. The summed E-state index contributed by atoms with van der Waals surface area (Å²) in [4.78, 5) is 26.9. The highest BCUT2D eigenvalue weighted by Crippen LogP contribution is 2.14. The van der Waals surface area contributed by atoms with Crippen molar-refractivity contribution in [3.8, 4) is 0 Å². The first kappa shape index (κ1) is 13.7. The van der Waals surface area contributed by atoms with Crippen LogP contribution < -0.4 is 10.6 Å². The average molecular weight is 269 g/mol. The van der Waals surface area contributed by atoms with E-state index < -0.39 is 0 Å². The number of carbonyl (C=O) groups excluding carboxylic acids is 2. The highest BCUT2D eigenvalue weighted by Gasteiger charge is 2.07. The summed E-state index contributed by atoms with van der Waals surface area (Å²) >= 11 is 0. The van der Waals surface area contributed by atoms with Gasteiger partial charge in [0.05, 0.1) is 0 Å². The molecule has 2 N–H and O–H groups in total. The summed E-state index contributed by atoms with van der Waals surface area (Å²) in [5.74, 6) is -0.397. The first-order chi connectivity index (χ1) is 9.54. The minimum Gasteiger partial charge on any atom is -0.326 e. The van der Waals surface area contributed by atoms with Crippen molar-refractivity contribution in [2.24, 2.45) is 0 Å². The third-order valence-electron chi connectivity index (χ3n) is 2.61. The second-order valence-electron chi connectivity index (χ2n) is 4.43. The summed E-state index contributed by atoms with van der Waals surface area (Å²) in [6, 6.07) is 10.4. The number of nitrogens with one attached hydrogen (secondary N) is 2. The van der Waals surface area contributed by atoms with Crippen LogP contribution in [0.2, 0.25) is 0 Å². The van der Waals surface area contributed by atoms with Crippen LogP contribution in [-0.4, -0.2) is 16.8 Å². The van der Waals surface area contributed by atoms with Crippen LogP contribution in [0.3, 0.4) is 0 Å². The summed E-state index contributed by atoms with van der Waals surface area (Å²) in [5.41, 5.74) is 2.68. The van der Waals surface area contributed by atoms with Crippen LogP contribution in [0.1, 0.15) is 23.0 Å². The number of hydrogen-bond acceptors (Lipinski definition) is 3. The fourth-order valence-corrected chi connectivity index (χ4v) is 1.70. The highest BCUT2D eigenvalue weighted by atomic mass is 16.2. The second-order valence-corrected chi connectivity index (χ2v) is 4.43. The summed E-state index contributed by atoms with van der Waals surface area (Å²) < 4.78 is 0. The van der Waals surface area contributed by atoms with E-state index >= 15 is 0 Å². The van der Waals surface area contributed by atoms with Gasteiger partial charge >= 0.3 is 0 Å². The number of carbonyl (C=O) groups is 2. The lowest BCUT2D eigenvalue weighted by molar-refractivity contribution is -0.114. The molecular formula is C15H15N3O2. The van der Waals surface area contributed by atoms with Crippen molar-refractivity contribution < 1.29 is 9.59 Å². The Morgan fingerprint density at radius 1 is 1.00 bits per heavy atom. The van der Waals surface area contributed by atoms with E-state index in [4.69, 9.17) is 0 Å². The van der Waals surface area contributed by atoms with E-state index in [0.717, 1.165) is 5.56 Å². The zero-order valence-corrected chi connectivity index (χ0v) is 11.3. The third kappa shape index (κ3) is 3.65. The van der Waals surface area contributed by atoms with Gasteiger partial charge in [0, 0.05) is 24.5 Å². The van der Waals surface area contributed by atoms with Crippen molar-refractivity contribution in [3.05, 3.63) is 53.9 Å². The first-order valence-electron chi connectivity index (χ1n) is 6.16. The summed E-state index contributed by atoms with van der Waals surface area (Å²) in [7, 11) is 0. The zero-order valence-electron chi connectivity index (χ0n) is 11.3. The molecule has 1 aromatic carbocycles. The van der Waals surface area contributed by atoms with Crippen molar-refractivity contribution in [1.82, 2.24) is 4.98 Å². The van der Waals surface area contributed by atoms with E-state index in [1.165, 1.54) is 6.92 Å². The third-order valence-corrected chi connectivity index (χ3v) is 2.61. The van der Waals surface area contributed by atoms with Crippen LogP contribution >= 0.6 is 0 Å². The monoisotopic (exact) mass is 269 g/mol. The number of nitrogens with zero attached hydrogens (tertiary/aromatic N) is 1.